The number of aryl methyl sites for hydroxylation is 1. The zero-order valence-corrected chi connectivity index (χ0v) is 11.4. The summed E-state index contributed by atoms with van der Waals surface area (Å²) in [6.45, 7) is 3.34. The van der Waals surface area contributed by atoms with Gasteiger partial charge in [0.2, 0.25) is 5.71 Å². The van der Waals surface area contributed by atoms with E-state index in [9.17, 15) is 9.59 Å². The number of rotatable bonds is 3. The molecular weight excluding hydrogens is 276 g/mol. The highest BCUT2D eigenvalue weighted by molar-refractivity contribution is 5.87. The summed E-state index contributed by atoms with van der Waals surface area (Å²) in [6, 6.07) is 1.20. The fourth-order valence-corrected chi connectivity index (χ4v) is 2.19. The Morgan fingerprint density at radius 3 is 3.05 bits per heavy atom. The lowest BCUT2D eigenvalue weighted by molar-refractivity contribution is 0.310. The average Bonchev–Trinajstić information content (AvgIpc) is 2.97. The molecule has 8 nitrogen and oxygen atoms in total. The van der Waals surface area contributed by atoms with Crippen molar-refractivity contribution in [2.24, 2.45) is 5.16 Å². The lowest BCUT2D eigenvalue weighted by Crippen LogP contribution is -2.15. The van der Waals surface area contributed by atoms with Crippen molar-refractivity contribution in [1.82, 2.24) is 15.3 Å². The van der Waals surface area contributed by atoms with Gasteiger partial charge < -0.3 is 14.6 Å². The summed E-state index contributed by atoms with van der Waals surface area (Å²) >= 11 is 0. The molecule has 21 heavy (non-hydrogen) atoms. The molecule has 1 aliphatic heterocycles. The van der Waals surface area contributed by atoms with Crippen LogP contribution in [0.1, 0.15) is 18.9 Å². The second kappa shape index (κ2) is 5.49. The van der Waals surface area contributed by atoms with Gasteiger partial charge in [-0.1, -0.05) is 12.1 Å². The molecule has 3 rings (SSSR count). The third-order valence-electron chi connectivity index (χ3n) is 3.24. The molecule has 1 aliphatic rings. The predicted octanol–water partition coefficient (Wildman–Crippen LogP) is 0.167. The number of oxime groups is 1. The Bertz CT molecular complexity index is 813. The second-order valence-electron chi connectivity index (χ2n) is 4.67. The number of H-pyrrole nitrogens is 1. The van der Waals surface area contributed by atoms with Crippen LogP contribution >= 0.6 is 0 Å². The molecule has 2 N–H and O–H groups in total. The summed E-state index contributed by atoms with van der Waals surface area (Å²) in [5, 5.41) is 7.28. The fraction of sp³-hybridized carbons (Fsp3) is 0.385. The first-order valence-corrected chi connectivity index (χ1v) is 6.68. The van der Waals surface area contributed by atoms with E-state index >= 15 is 0 Å². The maximum Gasteiger partial charge on any atom is 0.337 e. The average molecular weight is 290 g/mol. The van der Waals surface area contributed by atoms with E-state index < -0.39 is 11.2 Å². The highest BCUT2D eigenvalue weighted by Gasteiger charge is 2.13. The van der Waals surface area contributed by atoms with Crippen molar-refractivity contribution in [3.63, 3.8) is 0 Å². The molecule has 8 heteroatoms. The number of nitrogens with one attached hydrogen (secondary N) is 2. The first-order valence-electron chi connectivity index (χ1n) is 6.68. The molecule has 0 aliphatic carbocycles. The summed E-state index contributed by atoms with van der Waals surface area (Å²) in [7, 11) is 0. The number of hydrogen-bond donors (Lipinski definition) is 2. The molecule has 1 fully saturated rings. The van der Waals surface area contributed by atoms with Crippen molar-refractivity contribution in [2.45, 2.75) is 19.8 Å². The minimum absolute atomic E-state index is 0.0390. The Morgan fingerprint density at radius 2 is 2.33 bits per heavy atom. The largest absolute Gasteiger partial charge is 0.403 e. The van der Waals surface area contributed by atoms with Gasteiger partial charge in [-0.2, -0.15) is 4.98 Å². The van der Waals surface area contributed by atoms with E-state index in [4.69, 9.17) is 9.25 Å². The van der Waals surface area contributed by atoms with Crippen molar-refractivity contribution in [1.29, 1.82) is 0 Å². The van der Waals surface area contributed by atoms with Gasteiger partial charge in [0, 0.05) is 25.6 Å². The molecule has 0 amide bonds. The van der Waals surface area contributed by atoms with Crippen LogP contribution in [0.15, 0.2) is 25.2 Å². The molecule has 2 aromatic heterocycles. The van der Waals surface area contributed by atoms with Crippen molar-refractivity contribution >= 4 is 16.8 Å². The predicted molar refractivity (Wildman–Crippen MR) is 75.8 cm³/mol. The van der Waals surface area contributed by atoms with E-state index in [1.807, 2.05) is 6.92 Å². The van der Waals surface area contributed by atoms with E-state index in [-0.39, 0.29) is 17.1 Å². The molecule has 0 atom stereocenters. The van der Waals surface area contributed by atoms with E-state index in [0.717, 1.165) is 18.7 Å². The second-order valence-corrected chi connectivity index (χ2v) is 4.67. The summed E-state index contributed by atoms with van der Waals surface area (Å²) in [5.41, 5.74) is 0.423. The SMILES string of the molecule is CCc1cc(=O)oc2nc(O/N=C3/CCNC3)[nH]c(=O)c12. The molecule has 0 aromatic carbocycles. The molecule has 110 valence electrons. The molecule has 2 aromatic rings. The maximum atomic E-state index is 12.1. The van der Waals surface area contributed by atoms with E-state index in [2.05, 4.69) is 20.4 Å². The van der Waals surface area contributed by atoms with Crippen molar-refractivity contribution < 1.29 is 9.25 Å². The van der Waals surface area contributed by atoms with E-state index in [1.165, 1.54) is 6.07 Å². The third kappa shape index (κ3) is 2.70. The van der Waals surface area contributed by atoms with Crippen LogP contribution in [0.4, 0.5) is 0 Å². The van der Waals surface area contributed by atoms with Gasteiger partial charge in [0.15, 0.2) is 0 Å². The number of hydrogen-bond acceptors (Lipinski definition) is 7. The van der Waals surface area contributed by atoms with Crippen LogP contribution in [0.2, 0.25) is 0 Å². The molecule has 0 radical (unpaired) electrons. The van der Waals surface area contributed by atoms with Crippen LogP contribution in [0.3, 0.4) is 0 Å². The highest BCUT2D eigenvalue weighted by atomic mass is 16.6. The molecule has 0 bridgehead atoms. The van der Waals surface area contributed by atoms with Crippen LogP contribution in [0, 0.1) is 0 Å². The van der Waals surface area contributed by atoms with Crippen molar-refractivity contribution in [3.8, 4) is 6.01 Å². The molecule has 0 spiro atoms. The topological polar surface area (TPSA) is 110 Å². The summed E-state index contributed by atoms with van der Waals surface area (Å²) in [4.78, 5) is 35.1. The Hall–Kier alpha value is -2.48. The molecule has 1 saturated heterocycles. The van der Waals surface area contributed by atoms with Crippen LogP contribution in [-0.4, -0.2) is 28.8 Å². The van der Waals surface area contributed by atoms with Gasteiger partial charge in [-0.15, -0.1) is 0 Å². The standard InChI is InChI=1S/C13H14N4O4/c1-2-7-5-9(18)20-12-10(7)11(19)15-13(16-12)21-17-8-3-4-14-6-8/h5,14H,2-4,6H2,1H3,(H,15,16,19)/b17-8-. The molecular formula is C13H14N4O4. The van der Waals surface area contributed by atoms with Gasteiger partial charge in [0.25, 0.3) is 5.56 Å². The summed E-state index contributed by atoms with van der Waals surface area (Å²) < 4.78 is 4.97. The number of aromatic nitrogens is 2. The lowest BCUT2D eigenvalue weighted by atomic mass is 10.1. The smallest absolute Gasteiger partial charge is 0.337 e. The number of aromatic amines is 1. The summed E-state index contributed by atoms with van der Waals surface area (Å²) in [5.74, 6) is 0. The normalized spacial score (nSPS) is 16.7. The molecule has 0 saturated carbocycles. The quantitative estimate of drug-likeness (QED) is 0.780. The Balaban J connectivity index is 2.04. The van der Waals surface area contributed by atoms with Crippen molar-refractivity contribution in [2.75, 3.05) is 13.1 Å². The zero-order valence-electron chi connectivity index (χ0n) is 11.4. The minimum atomic E-state index is -0.547. The maximum absolute atomic E-state index is 12.1. The van der Waals surface area contributed by atoms with Crippen LogP contribution in [0.25, 0.3) is 11.1 Å². The first-order chi connectivity index (χ1) is 10.2. The third-order valence-corrected chi connectivity index (χ3v) is 3.24. The summed E-state index contributed by atoms with van der Waals surface area (Å²) in [6.07, 6.45) is 1.31. The van der Waals surface area contributed by atoms with Gasteiger partial charge in [-0.25, -0.2) is 4.79 Å². The highest BCUT2D eigenvalue weighted by Crippen LogP contribution is 2.13. The van der Waals surface area contributed by atoms with Gasteiger partial charge in [-0.05, 0) is 12.0 Å². The van der Waals surface area contributed by atoms with Crippen LogP contribution < -0.4 is 21.3 Å². The minimum Gasteiger partial charge on any atom is -0.403 e. The first kappa shape index (κ1) is 13.5. The van der Waals surface area contributed by atoms with Gasteiger partial charge in [0.05, 0.1) is 5.71 Å². The Morgan fingerprint density at radius 1 is 1.48 bits per heavy atom. The lowest BCUT2D eigenvalue weighted by Gasteiger charge is -2.03. The monoisotopic (exact) mass is 290 g/mol. The zero-order chi connectivity index (χ0) is 14.8. The number of nitrogens with zero attached hydrogens (tertiary/aromatic N) is 2. The van der Waals surface area contributed by atoms with Crippen LogP contribution in [0.5, 0.6) is 6.01 Å². The van der Waals surface area contributed by atoms with Gasteiger partial charge >= 0.3 is 11.6 Å². The van der Waals surface area contributed by atoms with E-state index in [1.54, 1.807) is 0 Å². The van der Waals surface area contributed by atoms with Crippen molar-refractivity contribution in [3.05, 3.63) is 32.4 Å². The molecule has 3 heterocycles. The van der Waals surface area contributed by atoms with Crippen LogP contribution in [-0.2, 0) is 6.42 Å². The Labute approximate surface area is 118 Å². The molecule has 0 unspecified atom stereocenters. The van der Waals surface area contributed by atoms with Gasteiger partial charge in [0.1, 0.15) is 5.39 Å². The van der Waals surface area contributed by atoms with Gasteiger partial charge in [-0.3, -0.25) is 9.78 Å². The van der Waals surface area contributed by atoms with E-state index in [0.29, 0.717) is 18.5 Å². The number of fused-ring (bicyclic) bond motifs is 1. The Kier molecular flexibility index (Phi) is 3.53. The fourth-order valence-electron chi connectivity index (χ4n) is 2.19.